The van der Waals surface area contributed by atoms with Crippen LogP contribution in [0.4, 0.5) is 5.82 Å². The second kappa shape index (κ2) is 6.03. The number of amidine groups is 1. The molecule has 0 amide bonds. The van der Waals surface area contributed by atoms with Crippen molar-refractivity contribution in [1.82, 2.24) is 10.2 Å². The first-order chi connectivity index (χ1) is 8.06. The van der Waals surface area contributed by atoms with E-state index in [1.165, 1.54) is 6.20 Å². The normalized spacial score (nSPS) is 11.9. The van der Waals surface area contributed by atoms with E-state index < -0.39 is 0 Å². The summed E-state index contributed by atoms with van der Waals surface area (Å²) >= 11 is 0. The first-order valence-corrected chi connectivity index (χ1v) is 5.57. The largest absolute Gasteiger partial charge is 0.409 e. The maximum atomic E-state index is 8.71. The molecule has 0 spiro atoms. The highest BCUT2D eigenvalue weighted by Crippen LogP contribution is 2.15. The number of aromatic nitrogens is 2. The lowest BCUT2D eigenvalue weighted by Gasteiger charge is -2.20. The molecule has 94 valence electrons. The third-order valence-corrected chi connectivity index (χ3v) is 2.49. The van der Waals surface area contributed by atoms with E-state index in [1.807, 2.05) is 11.9 Å². The Morgan fingerprint density at radius 1 is 1.59 bits per heavy atom. The zero-order valence-corrected chi connectivity index (χ0v) is 10.5. The quantitative estimate of drug-likeness (QED) is 0.346. The standard InChI is InChI=1S/C11H19N5O/c1-8(2)5-7-16(3)11-9(10(12)15-17)4-6-13-14-11/h4,6,8,17H,5,7H2,1-3H3,(H2,12,15). The van der Waals surface area contributed by atoms with Gasteiger partial charge in [0.2, 0.25) is 0 Å². The van der Waals surface area contributed by atoms with Crippen molar-refractivity contribution in [2.45, 2.75) is 20.3 Å². The topological polar surface area (TPSA) is 87.6 Å². The van der Waals surface area contributed by atoms with Crippen LogP contribution in [-0.4, -0.2) is 34.8 Å². The maximum Gasteiger partial charge on any atom is 0.173 e. The van der Waals surface area contributed by atoms with Crippen molar-refractivity contribution in [2.75, 3.05) is 18.5 Å². The second-order valence-electron chi connectivity index (χ2n) is 4.36. The third-order valence-electron chi connectivity index (χ3n) is 2.49. The summed E-state index contributed by atoms with van der Waals surface area (Å²) in [6.45, 7) is 5.17. The van der Waals surface area contributed by atoms with E-state index >= 15 is 0 Å². The van der Waals surface area contributed by atoms with Crippen LogP contribution in [0, 0.1) is 5.92 Å². The molecule has 0 aliphatic rings. The van der Waals surface area contributed by atoms with Crippen molar-refractivity contribution in [3.05, 3.63) is 17.8 Å². The summed E-state index contributed by atoms with van der Waals surface area (Å²) in [6, 6.07) is 1.68. The molecule has 1 aromatic rings. The van der Waals surface area contributed by atoms with Crippen LogP contribution in [0.25, 0.3) is 0 Å². The summed E-state index contributed by atoms with van der Waals surface area (Å²) in [4.78, 5) is 1.96. The van der Waals surface area contributed by atoms with Crippen LogP contribution in [0.15, 0.2) is 17.4 Å². The van der Waals surface area contributed by atoms with Gasteiger partial charge in [0.05, 0.1) is 11.8 Å². The smallest absolute Gasteiger partial charge is 0.173 e. The van der Waals surface area contributed by atoms with Gasteiger partial charge < -0.3 is 15.8 Å². The number of hydrogen-bond donors (Lipinski definition) is 2. The van der Waals surface area contributed by atoms with Crippen LogP contribution >= 0.6 is 0 Å². The van der Waals surface area contributed by atoms with Crippen LogP contribution in [0.2, 0.25) is 0 Å². The average Bonchev–Trinajstić information content (AvgIpc) is 2.34. The van der Waals surface area contributed by atoms with Gasteiger partial charge in [0.25, 0.3) is 0 Å². The summed E-state index contributed by atoms with van der Waals surface area (Å²) in [5, 5.41) is 19.6. The number of oxime groups is 1. The molecule has 1 heterocycles. The molecule has 0 fully saturated rings. The molecule has 0 atom stereocenters. The molecule has 0 radical (unpaired) electrons. The van der Waals surface area contributed by atoms with E-state index in [9.17, 15) is 0 Å². The Bertz CT molecular complexity index is 391. The average molecular weight is 237 g/mol. The first kappa shape index (κ1) is 13.2. The number of nitrogens with zero attached hydrogens (tertiary/aromatic N) is 4. The van der Waals surface area contributed by atoms with Gasteiger partial charge in [-0.05, 0) is 18.4 Å². The third kappa shape index (κ3) is 3.58. The maximum absolute atomic E-state index is 8.71. The van der Waals surface area contributed by atoms with E-state index in [1.54, 1.807) is 6.07 Å². The van der Waals surface area contributed by atoms with Crippen molar-refractivity contribution in [1.29, 1.82) is 0 Å². The van der Waals surface area contributed by atoms with Crippen LogP contribution in [0.1, 0.15) is 25.8 Å². The van der Waals surface area contributed by atoms with Crippen LogP contribution in [0.3, 0.4) is 0 Å². The fraction of sp³-hybridized carbons (Fsp3) is 0.545. The van der Waals surface area contributed by atoms with Gasteiger partial charge in [-0.2, -0.15) is 5.10 Å². The highest BCUT2D eigenvalue weighted by molar-refractivity contribution is 6.01. The number of nitrogens with two attached hydrogens (primary N) is 1. The van der Waals surface area contributed by atoms with Crippen molar-refractivity contribution >= 4 is 11.7 Å². The minimum Gasteiger partial charge on any atom is -0.409 e. The summed E-state index contributed by atoms with van der Waals surface area (Å²) in [5.74, 6) is 1.29. The Labute approximate surface area is 101 Å². The Hall–Kier alpha value is -1.85. The summed E-state index contributed by atoms with van der Waals surface area (Å²) in [7, 11) is 1.92. The lowest BCUT2D eigenvalue weighted by molar-refractivity contribution is 0.318. The van der Waals surface area contributed by atoms with E-state index in [-0.39, 0.29) is 5.84 Å². The molecule has 0 aromatic carbocycles. The van der Waals surface area contributed by atoms with Crippen molar-refractivity contribution in [2.24, 2.45) is 16.8 Å². The molecule has 1 aromatic heterocycles. The Morgan fingerprint density at radius 3 is 2.88 bits per heavy atom. The molecule has 0 aliphatic carbocycles. The zero-order chi connectivity index (χ0) is 12.8. The fourth-order valence-corrected chi connectivity index (χ4v) is 1.42. The molecule has 6 heteroatoms. The molecule has 3 N–H and O–H groups in total. The van der Waals surface area contributed by atoms with Gasteiger partial charge >= 0.3 is 0 Å². The number of hydrogen-bond acceptors (Lipinski definition) is 5. The van der Waals surface area contributed by atoms with E-state index in [0.717, 1.165) is 13.0 Å². The molecule has 0 aliphatic heterocycles. The highest BCUT2D eigenvalue weighted by Gasteiger charge is 2.13. The summed E-state index contributed by atoms with van der Waals surface area (Å²) < 4.78 is 0. The lowest BCUT2D eigenvalue weighted by Crippen LogP contribution is -2.26. The minimum absolute atomic E-state index is 0.0475. The van der Waals surface area contributed by atoms with E-state index in [4.69, 9.17) is 10.9 Å². The SMILES string of the molecule is CC(C)CCN(C)c1nnccc1/C(N)=N/O. The van der Waals surface area contributed by atoms with Crippen LogP contribution in [-0.2, 0) is 0 Å². The summed E-state index contributed by atoms with van der Waals surface area (Å²) in [6.07, 6.45) is 2.57. The van der Waals surface area contributed by atoms with E-state index in [2.05, 4.69) is 29.2 Å². The van der Waals surface area contributed by atoms with Gasteiger partial charge in [0.15, 0.2) is 11.7 Å². The van der Waals surface area contributed by atoms with Crippen molar-refractivity contribution < 1.29 is 5.21 Å². The minimum atomic E-state index is 0.0475. The van der Waals surface area contributed by atoms with Crippen LogP contribution in [0.5, 0.6) is 0 Å². The highest BCUT2D eigenvalue weighted by atomic mass is 16.4. The lowest BCUT2D eigenvalue weighted by atomic mass is 10.1. The van der Waals surface area contributed by atoms with Crippen molar-refractivity contribution in [3.63, 3.8) is 0 Å². The molecule has 6 nitrogen and oxygen atoms in total. The van der Waals surface area contributed by atoms with Gasteiger partial charge in [0.1, 0.15) is 0 Å². The predicted molar refractivity (Wildman–Crippen MR) is 67.3 cm³/mol. The van der Waals surface area contributed by atoms with Gasteiger partial charge in [-0.15, -0.1) is 5.10 Å². The van der Waals surface area contributed by atoms with Gasteiger partial charge in [-0.25, -0.2) is 0 Å². The van der Waals surface area contributed by atoms with Gasteiger partial charge in [0, 0.05) is 13.6 Å². The fourth-order valence-electron chi connectivity index (χ4n) is 1.42. The molecule has 0 saturated heterocycles. The zero-order valence-electron chi connectivity index (χ0n) is 10.5. The molecule has 0 saturated carbocycles. The molecule has 0 unspecified atom stereocenters. The first-order valence-electron chi connectivity index (χ1n) is 5.57. The van der Waals surface area contributed by atoms with E-state index in [0.29, 0.717) is 17.3 Å². The number of rotatable bonds is 5. The summed E-state index contributed by atoms with van der Waals surface area (Å²) in [5.41, 5.74) is 6.19. The molecular formula is C11H19N5O. The van der Waals surface area contributed by atoms with Crippen LogP contribution < -0.4 is 10.6 Å². The Kier molecular flexibility index (Phi) is 4.68. The predicted octanol–water partition coefficient (Wildman–Crippen LogP) is 1.05. The second-order valence-corrected chi connectivity index (χ2v) is 4.36. The molecule has 0 bridgehead atoms. The molecule has 17 heavy (non-hydrogen) atoms. The van der Waals surface area contributed by atoms with Gasteiger partial charge in [-0.3, -0.25) is 0 Å². The van der Waals surface area contributed by atoms with Crippen molar-refractivity contribution in [3.8, 4) is 0 Å². The Morgan fingerprint density at radius 2 is 2.29 bits per heavy atom. The Balaban J connectivity index is 2.89. The number of anilines is 1. The monoisotopic (exact) mass is 237 g/mol. The molecular weight excluding hydrogens is 218 g/mol. The van der Waals surface area contributed by atoms with Gasteiger partial charge in [-0.1, -0.05) is 19.0 Å². The molecule has 1 rings (SSSR count).